The minimum atomic E-state index is 0.316. The number of piperazine rings is 1. The van der Waals surface area contributed by atoms with Crippen molar-refractivity contribution >= 4 is 5.91 Å². The number of hydrogen-bond donors (Lipinski definition) is 0. The molecule has 0 N–H and O–H groups in total. The lowest BCUT2D eigenvalue weighted by atomic mass is 10.1. The molecule has 4 nitrogen and oxygen atoms in total. The number of nitrogens with zero attached hydrogens (tertiary/aromatic N) is 2. The van der Waals surface area contributed by atoms with Crippen LogP contribution >= 0.6 is 0 Å². The Labute approximate surface area is 105 Å². The van der Waals surface area contributed by atoms with Crippen LogP contribution in [0.5, 0.6) is 0 Å². The Bertz CT molecular complexity index is 223. The Morgan fingerprint density at radius 3 is 2.41 bits per heavy atom. The molecule has 1 heterocycles. The number of ether oxygens (including phenoxy) is 1. The molecule has 0 atom stereocenters. The van der Waals surface area contributed by atoms with Gasteiger partial charge in [-0.25, -0.2) is 0 Å². The van der Waals surface area contributed by atoms with Crippen LogP contribution in [0.3, 0.4) is 0 Å². The van der Waals surface area contributed by atoms with Gasteiger partial charge in [-0.05, 0) is 12.3 Å². The second kappa shape index (κ2) is 7.67. The van der Waals surface area contributed by atoms with Gasteiger partial charge < -0.3 is 9.64 Å². The number of rotatable bonds is 6. The van der Waals surface area contributed by atoms with Crippen LogP contribution in [0, 0.1) is 5.92 Å². The first kappa shape index (κ1) is 14.5. The first-order chi connectivity index (χ1) is 8.13. The van der Waals surface area contributed by atoms with Crippen molar-refractivity contribution in [3.8, 4) is 0 Å². The fraction of sp³-hybridized carbons (Fsp3) is 0.923. The van der Waals surface area contributed by atoms with E-state index in [1.807, 2.05) is 4.90 Å². The molecule has 1 amide bonds. The van der Waals surface area contributed by atoms with Crippen molar-refractivity contribution < 1.29 is 9.53 Å². The van der Waals surface area contributed by atoms with Crippen LogP contribution in [0.25, 0.3) is 0 Å². The van der Waals surface area contributed by atoms with Crippen LogP contribution < -0.4 is 0 Å². The predicted molar refractivity (Wildman–Crippen MR) is 69.0 cm³/mol. The molecule has 1 saturated heterocycles. The number of carbonyl (C=O) groups excluding carboxylic acids is 1. The molecule has 1 fully saturated rings. The molecule has 0 aromatic rings. The van der Waals surface area contributed by atoms with E-state index in [4.69, 9.17) is 4.74 Å². The van der Waals surface area contributed by atoms with E-state index in [1.165, 1.54) is 0 Å². The minimum absolute atomic E-state index is 0.316. The zero-order chi connectivity index (χ0) is 12.7. The SMILES string of the molecule is COCCCN1CCN(C(=O)CC(C)C)CC1. The summed E-state index contributed by atoms with van der Waals surface area (Å²) in [6.45, 7) is 9.89. The monoisotopic (exact) mass is 242 g/mol. The summed E-state index contributed by atoms with van der Waals surface area (Å²) in [6, 6.07) is 0. The standard InChI is InChI=1S/C13H26N2O2/c1-12(2)11-13(16)15-8-6-14(7-9-15)5-4-10-17-3/h12H,4-11H2,1-3H3. The molecular formula is C13H26N2O2. The van der Waals surface area contributed by atoms with Crippen LogP contribution in [0.1, 0.15) is 26.7 Å². The van der Waals surface area contributed by atoms with Gasteiger partial charge in [-0.3, -0.25) is 9.69 Å². The van der Waals surface area contributed by atoms with Crippen LogP contribution in [-0.2, 0) is 9.53 Å². The molecule has 1 aliphatic rings. The summed E-state index contributed by atoms with van der Waals surface area (Å²) in [7, 11) is 1.74. The lowest BCUT2D eigenvalue weighted by molar-refractivity contribution is -0.133. The first-order valence-electron chi connectivity index (χ1n) is 6.62. The van der Waals surface area contributed by atoms with Crippen LogP contribution in [-0.4, -0.2) is 62.1 Å². The average molecular weight is 242 g/mol. The third-order valence-electron chi connectivity index (χ3n) is 3.13. The second-order valence-electron chi connectivity index (χ2n) is 5.17. The van der Waals surface area contributed by atoms with Crippen molar-refractivity contribution in [1.29, 1.82) is 0 Å². The van der Waals surface area contributed by atoms with Gasteiger partial charge in [0.1, 0.15) is 0 Å². The van der Waals surface area contributed by atoms with E-state index in [9.17, 15) is 4.79 Å². The quantitative estimate of drug-likeness (QED) is 0.656. The van der Waals surface area contributed by atoms with Gasteiger partial charge in [-0.15, -0.1) is 0 Å². The molecule has 0 spiro atoms. The second-order valence-corrected chi connectivity index (χ2v) is 5.17. The molecule has 0 aromatic carbocycles. The summed E-state index contributed by atoms with van der Waals surface area (Å²) < 4.78 is 5.04. The van der Waals surface area contributed by atoms with Crippen molar-refractivity contribution in [2.45, 2.75) is 26.7 Å². The summed E-state index contributed by atoms with van der Waals surface area (Å²) >= 11 is 0. The van der Waals surface area contributed by atoms with E-state index in [0.29, 0.717) is 18.2 Å². The van der Waals surface area contributed by atoms with Gasteiger partial charge in [0.2, 0.25) is 5.91 Å². The smallest absolute Gasteiger partial charge is 0.222 e. The van der Waals surface area contributed by atoms with E-state index in [1.54, 1.807) is 7.11 Å². The predicted octanol–water partition coefficient (Wildman–Crippen LogP) is 1.21. The molecule has 17 heavy (non-hydrogen) atoms. The largest absolute Gasteiger partial charge is 0.385 e. The highest BCUT2D eigenvalue weighted by molar-refractivity contribution is 5.76. The van der Waals surface area contributed by atoms with Gasteiger partial charge in [-0.2, -0.15) is 0 Å². The summed E-state index contributed by atoms with van der Waals surface area (Å²) in [6.07, 6.45) is 1.76. The fourth-order valence-corrected chi connectivity index (χ4v) is 2.13. The molecule has 4 heteroatoms. The highest BCUT2D eigenvalue weighted by Gasteiger charge is 2.20. The molecular weight excluding hydrogens is 216 g/mol. The van der Waals surface area contributed by atoms with Gasteiger partial charge in [0, 0.05) is 52.9 Å². The maximum Gasteiger partial charge on any atom is 0.222 e. The van der Waals surface area contributed by atoms with Gasteiger partial charge in [-0.1, -0.05) is 13.8 Å². The minimum Gasteiger partial charge on any atom is -0.385 e. The summed E-state index contributed by atoms with van der Waals surface area (Å²) in [5.41, 5.74) is 0. The molecule has 0 unspecified atom stereocenters. The molecule has 1 aliphatic heterocycles. The molecule has 0 saturated carbocycles. The van der Waals surface area contributed by atoms with Crippen molar-refractivity contribution in [1.82, 2.24) is 9.80 Å². The third kappa shape index (κ3) is 5.50. The van der Waals surface area contributed by atoms with Crippen molar-refractivity contribution in [3.05, 3.63) is 0 Å². The average Bonchev–Trinajstić information content (AvgIpc) is 2.29. The van der Waals surface area contributed by atoms with Crippen molar-refractivity contribution in [2.75, 3.05) is 46.4 Å². The number of amides is 1. The summed E-state index contributed by atoms with van der Waals surface area (Å²) in [5.74, 6) is 0.777. The van der Waals surface area contributed by atoms with E-state index in [2.05, 4.69) is 18.7 Å². The van der Waals surface area contributed by atoms with Crippen molar-refractivity contribution in [2.24, 2.45) is 5.92 Å². The maximum absolute atomic E-state index is 11.9. The van der Waals surface area contributed by atoms with Crippen molar-refractivity contribution in [3.63, 3.8) is 0 Å². The molecule has 0 radical (unpaired) electrons. The molecule has 0 aromatic heterocycles. The Kier molecular flexibility index (Phi) is 6.52. The normalized spacial score (nSPS) is 17.8. The topological polar surface area (TPSA) is 32.8 Å². The number of carbonyl (C=O) groups is 1. The lowest BCUT2D eigenvalue weighted by Gasteiger charge is -2.35. The Hall–Kier alpha value is -0.610. The van der Waals surface area contributed by atoms with E-state index in [0.717, 1.165) is 45.8 Å². The van der Waals surface area contributed by atoms with Gasteiger partial charge in [0.25, 0.3) is 0 Å². The number of methoxy groups -OCH3 is 1. The van der Waals surface area contributed by atoms with Crippen LogP contribution in [0.2, 0.25) is 0 Å². The van der Waals surface area contributed by atoms with E-state index < -0.39 is 0 Å². The molecule has 0 bridgehead atoms. The lowest BCUT2D eigenvalue weighted by Crippen LogP contribution is -2.49. The zero-order valence-electron chi connectivity index (χ0n) is 11.4. The first-order valence-corrected chi connectivity index (χ1v) is 6.62. The zero-order valence-corrected chi connectivity index (χ0v) is 11.4. The molecule has 0 aliphatic carbocycles. The Morgan fingerprint density at radius 1 is 1.24 bits per heavy atom. The summed E-state index contributed by atoms with van der Waals surface area (Å²) in [4.78, 5) is 16.3. The number of hydrogen-bond acceptors (Lipinski definition) is 3. The van der Waals surface area contributed by atoms with E-state index >= 15 is 0 Å². The van der Waals surface area contributed by atoms with Gasteiger partial charge in [0.15, 0.2) is 0 Å². The third-order valence-corrected chi connectivity index (χ3v) is 3.13. The van der Waals surface area contributed by atoms with Crippen LogP contribution in [0.4, 0.5) is 0 Å². The molecule has 100 valence electrons. The fourth-order valence-electron chi connectivity index (χ4n) is 2.13. The highest BCUT2D eigenvalue weighted by Crippen LogP contribution is 2.08. The Balaban J connectivity index is 2.18. The molecule has 1 rings (SSSR count). The Morgan fingerprint density at radius 2 is 1.88 bits per heavy atom. The van der Waals surface area contributed by atoms with Crippen LogP contribution in [0.15, 0.2) is 0 Å². The van der Waals surface area contributed by atoms with Gasteiger partial charge in [0.05, 0.1) is 0 Å². The maximum atomic E-state index is 11.9. The van der Waals surface area contributed by atoms with E-state index in [-0.39, 0.29) is 0 Å². The highest BCUT2D eigenvalue weighted by atomic mass is 16.5. The summed E-state index contributed by atoms with van der Waals surface area (Å²) in [5, 5.41) is 0. The van der Waals surface area contributed by atoms with Gasteiger partial charge >= 0.3 is 0 Å².